The number of carbonyl (C=O) groups excluding carboxylic acids is 1. The minimum absolute atomic E-state index is 0.288. The van der Waals surface area contributed by atoms with Crippen LogP contribution in [0.3, 0.4) is 0 Å². The van der Waals surface area contributed by atoms with Crippen molar-refractivity contribution in [3.05, 3.63) is 33.5 Å². The van der Waals surface area contributed by atoms with Gasteiger partial charge in [-0.1, -0.05) is 6.92 Å². The van der Waals surface area contributed by atoms with Gasteiger partial charge in [-0.25, -0.2) is 9.18 Å². The van der Waals surface area contributed by atoms with Gasteiger partial charge in [0.25, 0.3) is 0 Å². The van der Waals surface area contributed by atoms with Crippen LogP contribution in [0.2, 0.25) is 0 Å². The highest BCUT2D eigenvalue weighted by Gasteiger charge is 2.13. The van der Waals surface area contributed by atoms with E-state index in [-0.39, 0.29) is 5.56 Å². The van der Waals surface area contributed by atoms with Gasteiger partial charge < -0.3 is 4.74 Å². The summed E-state index contributed by atoms with van der Waals surface area (Å²) in [4.78, 5) is 11.3. The average molecular weight is 261 g/mol. The molecule has 2 nitrogen and oxygen atoms in total. The van der Waals surface area contributed by atoms with E-state index in [0.29, 0.717) is 10.9 Å². The van der Waals surface area contributed by atoms with Crippen LogP contribution in [0.5, 0.6) is 0 Å². The molecule has 4 heteroatoms. The third kappa shape index (κ3) is 2.12. The van der Waals surface area contributed by atoms with E-state index in [1.165, 1.54) is 13.2 Å². The van der Waals surface area contributed by atoms with E-state index in [4.69, 9.17) is 0 Å². The third-order valence-electron chi connectivity index (χ3n) is 1.93. The Bertz CT molecular complexity index is 363. The lowest BCUT2D eigenvalue weighted by atomic mass is 10.1. The van der Waals surface area contributed by atoms with Gasteiger partial charge in [-0.05, 0) is 40.0 Å². The van der Waals surface area contributed by atoms with Crippen molar-refractivity contribution < 1.29 is 13.9 Å². The van der Waals surface area contributed by atoms with Crippen LogP contribution in [0.4, 0.5) is 4.39 Å². The molecule has 0 atom stereocenters. The summed E-state index contributed by atoms with van der Waals surface area (Å²) in [5, 5.41) is 0. The fraction of sp³-hybridized carbons (Fsp3) is 0.300. The summed E-state index contributed by atoms with van der Waals surface area (Å²) in [7, 11) is 1.28. The molecule has 0 amide bonds. The molecule has 0 fully saturated rings. The highest BCUT2D eigenvalue weighted by atomic mass is 79.9. The number of benzene rings is 1. The molecule has 1 aromatic carbocycles. The van der Waals surface area contributed by atoms with Gasteiger partial charge in [0, 0.05) is 0 Å². The summed E-state index contributed by atoms with van der Waals surface area (Å²) in [5.41, 5.74) is 1.06. The van der Waals surface area contributed by atoms with E-state index < -0.39 is 11.8 Å². The lowest BCUT2D eigenvalue weighted by molar-refractivity contribution is 0.0599. The van der Waals surface area contributed by atoms with Crippen LogP contribution in [0.1, 0.15) is 22.8 Å². The van der Waals surface area contributed by atoms with E-state index >= 15 is 0 Å². The molecule has 0 saturated carbocycles. The van der Waals surface area contributed by atoms with Gasteiger partial charge in [0.15, 0.2) is 0 Å². The second-order valence-electron chi connectivity index (χ2n) is 2.77. The summed E-state index contributed by atoms with van der Waals surface area (Å²) < 4.78 is 18.1. The summed E-state index contributed by atoms with van der Waals surface area (Å²) in [6.07, 6.45) is 0.656. The fourth-order valence-corrected chi connectivity index (χ4v) is 1.57. The Morgan fingerprint density at radius 3 is 2.71 bits per heavy atom. The van der Waals surface area contributed by atoms with E-state index in [1.54, 1.807) is 6.07 Å². The molecule has 14 heavy (non-hydrogen) atoms. The van der Waals surface area contributed by atoms with Crippen LogP contribution in [-0.4, -0.2) is 13.1 Å². The quantitative estimate of drug-likeness (QED) is 0.765. The molecule has 0 aliphatic heterocycles. The maximum absolute atomic E-state index is 13.1. The summed E-state index contributed by atoms with van der Waals surface area (Å²) in [6, 6.07) is 2.79. The lowest BCUT2D eigenvalue weighted by Gasteiger charge is -2.06. The van der Waals surface area contributed by atoms with Crippen molar-refractivity contribution in [2.24, 2.45) is 0 Å². The van der Waals surface area contributed by atoms with Gasteiger partial charge in [0.05, 0.1) is 17.1 Å². The number of methoxy groups -OCH3 is 1. The van der Waals surface area contributed by atoms with E-state index in [1.807, 2.05) is 6.92 Å². The van der Waals surface area contributed by atoms with E-state index in [9.17, 15) is 9.18 Å². The first kappa shape index (κ1) is 11.2. The maximum Gasteiger partial charge on any atom is 0.338 e. The highest BCUT2D eigenvalue weighted by molar-refractivity contribution is 9.10. The molecule has 0 unspecified atom stereocenters. The highest BCUT2D eigenvalue weighted by Crippen LogP contribution is 2.21. The number of esters is 1. The first-order chi connectivity index (χ1) is 6.60. The smallest absolute Gasteiger partial charge is 0.338 e. The maximum atomic E-state index is 13.1. The van der Waals surface area contributed by atoms with Crippen LogP contribution < -0.4 is 0 Å². The molecule has 0 saturated heterocycles. The van der Waals surface area contributed by atoms with Crippen molar-refractivity contribution in [3.63, 3.8) is 0 Å². The average Bonchev–Trinajstić information content (AvgIpc) is 2.20. The summed E-state index contributed by atoms with van der Waals surface area (Å²) in [5.74, 6) is -0.962. The summed E-state index contributed by atoms with van der Waals surface area (Å²) in [6.45, 7) is 1.89. The molecular weight excluding hydrogens is 251 g/mol. The second-order valence-corrected chi connectivity index (χ2v) is 3.62. The minimum atomic E-state index is -0.506. The monoisotopic (exact) mass is 260 g/mol. The van der Waals surface area contributed by atoms with Crippen molar-refractivity contribution in [1.29, 1.82) is 0 Å². The van der Waals surface area contributed by atoms with Gasteiger partial charge >= 0.3 is 5.97 Å². The molecule has 0 aromatic heterocycles. The zero-order chi connectivity index (χ0) is 10.7. The number of aryl methyl sites for hydroxylation is 1. The van der Waals surface area contributed by atoms with Crippen molar-refractivity contribution in [2.75, 3.05) is 7.11 Å². The Labute approximate surface area is 90.2 Å². The van der Waals surface area contributed by atoms with Crippen LogP contribution in [-0.2, 0) is 11.2 Å². The SMILES string of the molecule is CCc1cc(Br)c(F)cc1C(=O)OC. The molecular formula is C10H10BrFO2. The van der Waals surface area contributed by atoms with Gasteiger partial charge in [-0.15, -0.1) is 0 Å². The molecule has 1 rings (SSSR count). The third-order valence-corrected chi connectivity index (χ3v) is 2.54. The Morgan fingerprint density at radius 2 is 2.21 bits per heavy atom. The van der Waals surface area contributed by atoms with Gasteiger partial charge in [-0.3, -0.25) is 0 Å². The molecule has 0 radical (unpaired) electrons. The molecule has 0 spiro atoms. The van der Waals surface area contributed by atoms with Crippen LogP contribution >= 0.6 is 15.9 Å². The minimum Gasteiger partial charge on any atom is -0.465 e. The zero-order valence-electron chi connectivity index (χ0n) is 7.93. The number of hydrogen-bond acceptors (Lipinski definition) is 2. The Morgan fingerprint density at radius 1 is 1.57 bits per heavy atom. The normalized spacial score (nSPS) is 10.0. The molecule has 1 aromatic rings. The predicted octanol–water partition coefficient (Wildman–Crippen LogP) is 2.94. The number of carbonyl (C=O) groups is 1. The first-order valence-electron chi connectivity index (χ1n) is 4.16. The molecule has 0 heterocycles. The number of ether oxygens (including phenoxy) is 1. The zero-order valence-corrected chi connectivity index (χ0v) is 9.52. The van der Waals surface area contributed by atoms with Crippen LogP contribution in [0.15, 0.2) is 16.6 Å². The predicted molar refractivity (Wildman–Crippen MR) is 54.8 cm³/mol. The Balaban J connectivity index is 3.27. The number of halogens is 2. The fourth-order valence-electron chi connectivity index (χ4n) is 1.18. The molecule has 0 bridgehead atoms. The van der Waals surface area contributed by atoms with Crippen molar-refractivity contribution in [2.45, 2.75) is 13.3 Å². The Hall–Kier alpha value is -0.900. The topological polar surface area (TPSA) is 26.3 Å². The van der Waals surface area contributed by atoms with Gasteiger partial charge in [0.2, 0.25) is 0 Å². The molecule has 0 aliphatic rings. The van der Waals surface area contributed by atoms with Gasteiger partial charge in [0.1, 0.15) is 5.82 Å². The lowest BCUT2D eigenvalue weighted by Crippen LogP contribution is -2.06. The Kier molecular flexibility index (Phi) is 3.63. The van der Waals surface area contributed by atoms with Crippen molar-refractivity contribution in [3.8, 4) is 0 Å². The number of rotatable bonds is 2. The molecule has 76 valence electrons. The first-order valence-corrected chi connectivity index (χ1v) is 4.95. The van der Waals surface area contributed by atoms with Crippen molar-refractivity contribution in [1.82, 2.24) is 0 Å². The number of hydrogen-bond donors (Lipinski definition) is 0. The van der Waals surface area contributed by atoms with E-state index in [0.717, 1.165) is 5.56 Å². The molecule has 0 N–H and O–H groups in total. The standard InChI is InChI=1S/C10H10BrFO2/c1-3-6-4-8(11)9(12)5-7(6)10(13)14-2/h4-5H,3H2,1-2H3. The van der Waals surface area contributed by atoms with Crippen LogP contribution in [0.25, 0.3) is 0 Å². The van der Waals surface area contributed by atoms with Crippen LogP contribution in [0, 0.1) is 5.82 Å². The summed E-state index contributed by atoms with van der Waals surface area (Å²) >= 11 is 3.06. The largest absolute Gasteiger partial charge is 0.465 e. The van der Waals surface area contributed by atoms with Gasteiger partial charge in [-0.2, -0.15) is 0 Å². The van der Waals surface area contributed by atoms with E-state index in [2.05, 4.69) is 20.7 Å². The van der Waals surface area contributed by atoms with Crippen molar-refractivity contribution >= 4 is 21.9 Å². The second kappa shape index (κ2) is 4.55. The molecule has 0 aliphatic carbocycles.